The average molecular weight is 148 g/mol. The van der Waals surface area contributed by atoms with Crippen molar-refractivity contribution < 1.29 is 0 Å². The maximum Gasteiger partial charge on any atom is 0.174 e. The van der Waals surface area contributed by atoms with Crippen molar-refractivity contribution in [3.05, 3.63) is 23.8 Å². The standard InChI is InChI=1S/C7H11BN3/c9-4-6-8-5-2-1-3-10-7(5)11-6/h1-3,6-7,10-11H,4,9H2. The third-order valence-corrected chi connectivity index (χ3v) is 2.01. The van der Waals surface area contributed by atoms with Crippen LogP contribution in [0.15, 0.2) is 23.8 Å². The van der Waals surface area contributed by atoms with Crippen molar-refractivity contribution in [2.45, 2.75) is 12.1 Å². The van der Waals surface area contributed by atoms with E-state index in [-0.39, 0.29) is 6.17 Å². The highest BCUT2D eigenvalue weighted by Gasteiger charge is 2.28. The fourth-order valence-electron chi connectivity index (χ4n) is 1.43. The number of allylic oxidation sites excluding steroid dienone is 2. The van der Waals surface area contributed by atoms with E-state index >= 15 is 0 Å². The second-order valence-corrected chi connectivity index (χ2v) is 2.80. The van der Waals surface area contributed by atoms with E-state index in [4.69, 9.17) is 5.73 Å². The lowest BCUT2D eigenvalue weighted by Gasteiger charge is -2.17. The average Bonchev–Trinajstić information content (AvgIpc) is 2.46. The lowest BCUT2D eigenvalue weighted by Crippen LogP contribution is -2.42. The summed E-state index contributed by atoms with van der Waals surface area (Å²) in [6.07, 6.45) is 6.33. The molecule has 0 saturated carbocycles. The number of hydrogen-bond acceptors (Lipinski definition) is 3. The van der Waals surface area contributed by atoms with E-state index in [1.165, 1.54) is 5.47 Å². The van der Waals surface area contributed by atoms with Crippen molar-refractivity contribution >= 4 is 7.28 Å². The van der Waals surface area contributed by atoms with Gasteiger partial charge < -0.3 is 11.1 Å². The van der Waals surface area contributed by atoms with Crippen LogP contribution in [0.2, 0.25) is 0 Å². The smallest absolute Gasteiger partial charge is 0.174 e. The summed E-state index contributed by atoms with van der Waals surface area (Å²) in [6, 6.07) is 0. The first-order chi connectivity index (χ1) is 5.40. The Bertz CT molecular complexity index is 212. The molecule has 3 nitrogen and oxygen atoms in total. The van der Waals surface area contributed by atoms with Gasteiger partial charge in [-0.05, 0) is 18.2 Å². The quantitative estimate of drug-likeness (QED) is 0.414. The molecular weight excluding hydrogens is 137 g/mol. The molecule has 0 aromatic rings. The summed E-state index contributed by atoms with van der Waals surface area (Å²) in [4.78, 5) is 0. The van der Waals surface area contributed by atoms with E-state index in [0.717, 1.165) is 0 Å². The fourth-order valence-corrected chi connectivity index (χ4v) is 1.43. The molecule has 2 aliphatic rings. The van der Waals surface area contributed by atoms with Crippen LogP contribution in [0.1, 0.15) is 0 Å². The first-order valence-corrected chi connectivity index (χ1v) is 3.84. The largest absolute Gasteiger partial charge is 0.373 e. The van der Waals surface area contributed by atoms with Crippen LogP contribution in [0.25, 0.3) is 0 Å². The van der Waals surface area contributed by atoms with Crippen molar-refractivity contribution in [3.63, 3.8) is 0 Å². The molecule has 0 aromatic heterocycles. The molecule has 4 N–H and O–H groups in total. The van der Waals surface area contributed by atoms with E-state index in [9.17, 15) is 0 Å². The molecule has 0 bridgehead atoms. The number of fused-ring (bicyclic) bond motifs is 1. The number of rotatable bonds is 1. The topological polar surface area (TPSA) is 50.1 Å². The van der Waals surface area contributed by atoms with Gasteiger partial charge in [0.1, 0.15) is 0 Å². The fraction of sp³-hybridized carbons (Fsp3) is 0.429. The molecular formula is C7H11BN3. The summed E-state index contributed by atoms with van der Waals surface area (Å²) in [5.41, 5.74) is 6.81. The van der Waals surface area contributed by atoms with Crippen LogP contribution in [0.4, 0.5) is 0 Å². The molecule has 4 heteroatoms. The first kappa shape index (κ1) is 6.94. The van der Waals surface area contributed by atoms with Gasteiger partial charge in [0, 0.05) is 6.54 Å². The Labute approximate surface area is 67.0 Å². The van der Waals surface area contributed by atoms with E-state index in [0.29, 0.717) is 12.5 Å². The molecule has 11 heavy (non-hydrogen) atoms. The highest BCUT2D eigenvalue weighted by atomic mass is 15.1. The Morgan fingerprint density at radius 2 is 2.55 bits per heavy atom. The van der Waals surface area contributed by atoms with Gasteiger partial charge in [-0.25, -0.2) is 0 Å². The van der Waals surface area contributed by atoms with Gasteiger partial charge in [0.15, 0.2) is 7.28 Å². The van der Waals surface area contributed by atoms with E-state index in [1.807, 2.05) is 12.3 Å². The first-order valence-electron chi connectivity index (χ1n) is 3.84. The predicted octanol–water partition coefficient (Wildman–Crippen LogP) is -1.09. The zero-order chi connectivity index (χ0) is 7.68. The molecule has 1 fully saturated rings. The zero-order valence-corrected chi connectivity index (χ0v) is 6.25. The van der Waals surface area contributed by atoms with Crippen molar-refractivity contribution in [3.8, 4) is 0 Å². The number of nitrogens with one attached hydrogen (secondary N) is 2. The highest BCUT2D eigenvalue weighted by Crippen LogP contribution is 2.11. The summed E-state index contributed by atoms with van der Waals surface area (Å²) in [6.45, 7) is 0.662. The Kier molecular flexibility index (Phi) is 1.71. The molecule has 0 spiro atoms. The minimum Gasteiger partial charge on any atom is -0.373 e. The molecule has 0 amide bonds. The molecule has 0 aliphatic carbocycles. The maximum atomic E-state index is 5.52. The molecule has 2 rings (SSSR count). The molecule has 1 radical (unpaired) electrons. The Balaban J connectivity index is 2.09. The molecule has 1 saturated heterocycles. The van der Waals surface area contributed by atoms with E-state index < -0.39 is 0 Å². The SMILES string of the molecule is NCC1[B]C2=CC=CNC2N1. The molecule has 2 atom stereocenters. The summed E-state index contributed by atoms with van der Waals surface area (Å²) in [5, 5.41) is 6.53. The van der Waals surface area contributed by atoms with E-state index in [2.05, 4.69) is 24.0 Å². The summed E-state index contributed by atoms with van der Waals surface area (Å²) in [5.74, 6) is 0.332. The lowest BCUT2D eigenvalue weighted by molar-refractivity contribution is 0.545. The van der Waals surface area contributed by atoms with Gasteiger partial charge >= 0.3 is 0 Å². The van der Waals surface area contributed by atoms with Gasteiger partial charge in [-0.3, -0.25) is 5.32 Å². The Morgan fingerprint density at radius 3 is 3.27 bits per heavy atom. The van der Waals surface area contributed by atoms with Crippen LogP contribution < -0.4 is 16.4 Å². The van der Waals surface area contributed by atoms with E-state index in [1.54, 1.807) is 0 Å². The van der Waals surface area contributed by atoms with Crippen molar-refractivity contribution in [1.82, 2.24) is 10.6 Å². The van der Waals surface area contributed by atoms with Crippen molar-refractivity contribution in [2.75, 3.05) is 6.54 Å². The summed E-state index contributed by atoms with van der Waals surface area (Å²) >= 11 is 0. The third kappa shape index (κ3) is 1.19. The van der Waals surface area contributed by atoms with Gasteiger partial charge in [-0.1, -0.05) is 11.5 Å². The normalized spacial score (nSPS) is 33.7. The molecule has 2 unspecified atom stereocenters. The molecule has 2 aliphatic heterocycles. The zero-order valence-electron chi connectivity index (χ0n) is 6.25. The Morgan fingerprint density at radius 1 is 1.64 bits per heavy atom. The third-order valence-electron chi connectivity index (χ3n) is 2.01. The highest BCUT2D eigenvalue weighted by molar-refractivity contribution is 6.49. The minimum absolute atomic E-state index is 0.286. The monoisotopic (exact) mass is 148 g/mol. The van der Waals surface area contributed by atoms with Gasteiger partial charge in [0.05, 0.1) is 6.17 Å². The van der Waals surface area contributed by atoms with Gasteiger partial charge in [-0.2, -0.15) is 0 Å². The number of dihydropyridines is 1. The molecule has 2 heterocycles. The van der Waals surface area contributed by atoms with Gasteiger partial charge in [-0.15, -0.1) is 0 Å². The van der Waals surface area contributed by atoms with Crippen LogP contribution in [0, 0.1) is 0 Å². The van der Waals surface area contributed by atoms with Crippen LogP contribution in [-0.2, 0) is 0 Å². The minimum atomic E-state index is 0.286. The Hall–Kier alpha value is -0.735. The van der Waals surface area contributed by atoms with Gasteiger partial charge in [0.25, 0.3) is 0 Å². The van der Waals surface area contributed by atoms with Crippen LogP contribution in [0.3, 0.4) is 0 Å². The van der Waals surface area contributed by atoms with Gasteiger partial charge in [0.2, 0.25) is 0 Å². The van der Waals surface area contributed by atoms with Crippen molar-refractivity contribution in [2.24, 2.45) is 5.73 Å². The van der Waals surface area contributed by atoms with Crippen LogP contribution >= 0.6 is 0 Å². The predicted molar refractivity (Wildman–Crippen MR) is 45.9 cm³/mol. The number of nitrogens with two attached hydrogens (primary N) is 1. The second-order valence-electron chi connectivity index (χ2n) is 2.80. The number of hydrogen-bond donors (Lipinski definition) is 3. The summed E-state index contributed by atoms with van der Waals surface area (Å²) in [7, 11) is 2.17. The molecule has 57 valence electrons. The molecule has 0 aromatic carbocycles. The maximum absolute atomic E-state index is 5.52. The van der Waals surface area contributed by atoms with Crippen LogP contribution in [0.5, 0.6) is 0 Å². The lowest BCUT2D eigenvalue weighted by atomic mass is 9.65. The van der Waals surface area contributed by atoms with Crippen LogP contribution in [-0.4, -0.2) is 25.9 Å². The summed E-state index contributed by atoms with van der Waals surface area (Å²) < 4.78 is 0. The van der Waals surface area contributed by atoms with Crippen molar-refractivity contribution in [1.29, 1.82) is 0 Å². The second kappa shape index (κ2) is 2.72.